The number of halogens is 1. The quantitative estimate of drug-likeness (QED) is 0.697. The van der Waals surface area contributed by atoms with Crippen LogP contribution in [0.1, 0.15) is 25.8 Å². The predicted octanol–water partition coefficient (Wildman–Crippen LogP) is 2.77. The van der Waals surface area contributed by atoms with Crippen LogP contribution in [0.4, 0.5) is 4.39 Å². The lowest BCUT2D eigenvalue weighted by Crippen LogP contribution is -2.47. The van der Waals surface area contributed by atoms with Crippen molar-refractivity contribution in [3.63, 3.8) is 0 Å². The Morgan fingerprint density at radius 2 is 1.78 bits per heavy atom. The number of rotatable bonds is 8. The van der Waals surface area contributed by atoms with Crippen LogP contribution in [0.2, 0.25) is 0 Å². The van der Waals surface area contributed by atoms with Gasteiger partial charge in [0, 0.05) is 6.42 Å². The Labute approximate surface area is 157 Å². The first kappa shape index (κ1) is 20.2. The first-order chi connectivity index (χ1) is 13.0. The van der Waals surface area contributed by atoms with E-state index in [-0.39, 0.29) is 12.3 Å². The third-order valence-electron chi connectivity index (χ3n) is 3.71. The number of aryl methyl sites for hydroxylation is 1. The van der Waals surface area contributed by atoms with Crippen LogP contribution in [0.3, 0.4) is 0 Å². The van der Waals surface area contributed by atoms with Crippen molar-refractivity contribution < 1.29 is 23.5 Å². The Morgan fingerprint density at radius 3 is 2.48 bits per heavy atom. The summed E-state index contributed by atoms with van der Waals surface area (Å²) in [4.78, 5) is 23.9. The van der Waals surface area contributed by atoms with Crippen LogP contribution in [0.15, 0.2) is 48.5 Å². The number of nitrogens with one attached hydrogen (secondary N) is 2. The normalized spacial score (nSPS) is 11.4. The zero-order chi connectivity index (χ0) is 19.6. The lowest BCUT2D eigenvalue weighted by atomic mass is 10.1. The van der Waals surface area contributed by atoms with E-state index in [4.69, 9.17) is 9.47 Å². The molecule has 0 aliphatic carbocycles. The first-order valence-corrected chi connectivity index (χ1v) is 8.71. The highest BCUT2D eigenvalue weighted by atomic mass is 19.1. The number of para-hydroxylation sites is 1. The van der Waals surface area contributed by atoms with E-state index < -0.39 is 17.8 Å². The van der Waals surface area contributed by atoms with Crippen molar-refractivity contribution in [2.24, 2.45) is 0 Å². The minimum absolute atomic E-state index is 0.192. The smallest absolute Gasteiger partial charge is 0.279 e. The molecule has 6 nitrogen and oxygen atoms in total. The Balaban J connectivity index is 1.76. The van der Waals surface area contributed by atoms with Crippen LogP contribution in [0.5, 0.6) is 11.5 Å². The molecule has 0 unspecified atom stereocenters. The monoisotopic (exact) mass is 374 g/mol. The Morgan fingerprint density at radius 1 is 1.07 bits per heavy atom. The molecule has 0 spiro atoms. The van der Waals surface area contributed by atoms with Crippen molar-refractivity contribution in [3.05, 3.63) is 59.9 Å². The molecule has 2 aromatic carbocycles. The Kier molecular flexibility index (Phi) is 7.61. The summed E-state index contributed by atoms with van der Waals surface area (Å²) < 4.78 is 23.8. The van der Waals surface area contributed by atoms with Crippen molar-refractivity contribution >= 4 is 11.8 Å². The fourth-order valence-corrected chi connectivity index (χ4v) is 2.32. The number of amides is 2. The molecule has 2 amide bonds. The molecule has 27 heavy (non-hydrogen) atoms. The highest BCUT2D eigenvalue weighted by molar-refractivity contribution is 5.84. The second-order valence-electron chi connectivity index (χ2n) is 5.79. The van der Waals surface area contributed by atoms with Gasteiger partial charge in [-0.1, -0.05) is 18.2 Å². The molecular formula is C20H23FN2O4. The number of hydrogen-bond donors (Lipinski definition) is 2. The summed E-state index contributed by atoms with van der Waals surface area (Å²) in [6.07, 6.45) is -0.175. The van der Waals surface area contributed by atoms with Crippen LogP contribution >= 0.6 is 0 Å². The molecule has 0 fully saturated rings. The molecule has 0 aliphatic rings. The van der Waals surface area contributed by atoms with E-state index in [1.807, 2.05) is 31.2 Å². The fraction of sp³-hybridized carbons (Fsp3) is 0.300. The van der Waals surface area contributed by atoms with Crippen LogP contribution in [0, 0.1) is 5.82 Å². The lowest BCUT2D eigenvalue weighted by molar-refractivity contribution is -0.132. The van der Waals surface area contributed by atoms with E-state index in [2.05, 4.69) is 10.9 Å². The molecule has 0 aliphatic heterocycles. The summed E-state index contributed by atoms with van der Waals surface area (Å²) in [7, 11) is 0. The molecule has 1 atom stereocenters. The highest BCUT2D eigenvalue weighted by Crippen LogP contribution is 2.19. The number of hydrazine groups is 1. The molecule has 2 aromatic rings. The molecule has 0 heterocycles. The molecular weight excluding hydrogens is 351 g/mol. The van der Waals surface area contributed by atoms with Crippen molar-refractivity contribution in [1.82, 2.24) is 10.9 Å². The number of carbonyl (C=O) groups excluding carboxylic acids is 2. The van der Waals surface area contributed by atoms with Crippen molar-refractivity contribution in [2.45, 2.75) is 32.8 Å². The van der Waals surface area contributed by atoms with E-state index in [1.54, 1.807) is 0 Å². The zero-order valence-corrected chi connectivity index (χ0v) is 15.3. The molecule has 144 valence electrons. The molecule has 0 saturated carbocycles. The number of carbonyl (C=O) groups is 2. The van der Waals surface area contributed by atoms with Gasteiger partial charge in [0.15, 0.2) is 6.10 Å². The van der Waals surface area contributed by atoms with Crippen molar-refractivity contribution in [2.75, 3.05) is 6.61 Å². The number of ether oxygens (including phenoxy) is 2. The largest absolute Gasteiger partial charge is 0.494 e. The molecule has 0 aromatic heterocycles. The maximum absolute atomic E-state index is 12.9. The van der Waals surface area contributed by atoms with Gasteiger partial charge in [0.05, 0.1) is 6.61 Å². The van der Waals surface area contributed by atoms with E-state index in [1.165, 1.54) is 31.2 Å². The average molecular weight is 374 g/mol. The third kappa shape index (κ3) is 6.62. The van der Waals surface area contributed by atoms with Crippen molar-refractivity contribution in [3.8, 4) is 11.5 Å². The summed E-state index contributed by atoms with van der Waals surface area (Å²) in [5.74, 6) is -0.125. The predicted molar refractivity (Wildman–Crippen MR) is 98.7 cm³/mol. The molecule has 0 bridgehead atoms. The maximum atomic E-state index is 12.9. The molecule has 7 heteroatoms. The van der Waals surface area contributed by atoms with E-state index in [0.717, 1.165) is 11.3 Å². The van der Waals surface area contributed by atoms with Gasteiger partial charge in [-0.05, 0) is 56.2 Å². The molecule has 0 radical (unpaired) electrons. The van der Waals surface area contributed by atoms with Gasteiger partial charge in [-0.2, -0.15) is 0 Å². The van der Waals surface area contributed by atoms with Gasteiger partial charge >= 0.3 is 0 Å². The van der Waals surface area contributed by atoms with E-state index in [9.17, 15) is 14.0 Å². The summed E-state index contributed by atoms with van der Waals surface area (Å²) in [6.45, 7) is 3.97. The first-order valence-electron chi connectivity index (χ1n) is 8.71. The van der Waals surface area contributed by atoms with Crippen LogP contribution < -0.4 is 20.3 Å². The SMILES string of the molecule is CCOc1ccccc1CCC(=O)NNC(=O)[C@@H](C)Oc1ccc(F)cc1. The van der Waals surface area contributed by atoms with Crippen LogP contribution in [-0.4, -0.2) is 24.5 Å². The van der Waals surface area contributed by atoms with Gasteiger partial charge < -0.3 is 9.47 Å². The average Bonchev–Trinajstić information content (AvgIpc) is 2.67. The van der Waals surface area contributed by atoms with Gasteiger partial charge in [-0.3, -0.25) is 20.4 Å². The van der Waals surface area contributed by atoms with Crippen molar-refractivity contribution in [1.29, 1.82) is 0 Å². The zero-order valence-electron chi connectivity index (χ0n) is 15.3. The third-order valence-corrected chi connectivity index (χ3v) is 3.71. The summed E-state index contributed by atoms with van der Waals surface area (Å²) in [5, 5.41) is 0. The van der Waals surface area contributed by atoms with Gasteiger partial charge in [-0.15, -0.1) is 0 Å². The topological polar surface area (TPSA) is 76.7 Å². The standard InChI is InChI=1S/C20H23FN2O4/c1-3-26-18-7-5-4-6-15(18)8-13-19(24)22-23-20(25)14(2)27-17-11-9-16(21)10-12-17/h4-7,9-12,14H,3,8,13H2,1-2H3,(H,22,24)(H,23,25)/t14-/m1/s1. The van der Waals surface area contributed by atoms with Gasteiger partial charge in [0.2, 0.25) is 5.91 Å². The van der Waals surface area contributed by atoms with Gasteiger partial charge in [0.1, 0.15) is 17.3 Å². The van der Waals surface area contributed by atoms with Gasteiger partial charge in [-0.25, -0.2) is 4.39 Å². The summed E-state index contributed by atoms with van der Waals surface area (Å²) in [5.41, 5.74) is 5.61. The van der Waals surface area contributed by atoms with E-state index in [0.29, 0.717) is 18.8 Å². The number of benzene rings is 2. The van der Waals surface area contributed by atoms with Gasteiger partial charge in [0.25, 0.3) is 5.91 Å². The summed E-state index contributed by atoms with van der Waals surface area (Å²) in [6, 6.07) is 12.8. The Bertz CT molecular complexity index is 765. The lowest BCUT2D eigenvalue weighted by Gasteiger charge is -2.15. The maximum Gasteiger partial charge on any atom is 0.279 e. The number of hydrogen-bond acceptors (Lipinski definition) is 4. The second kappa shape index (κ2) is 10.2. The van der Waals surface area contributed by atoms with Crippen LogP contribution in [-0.2, 0) is 16.0 Å². The van der Waals surface area contributed by atoms with E-state index >= 15 is 0 Å². The highest BCUT2D eigenvalue weighted by Gasteiger charge is 2.15. The molecule has 2 N–H and O–H groups in total. The fourth-order valence-electron chi connectivity index (χ4n) is 2.32. The molecule has 0 saturated heterocycles. The second-order valence-corrected chi connectivity index (χ2v) is 5.79. The minimum Gasteiger partial charge on any atom is -0.494 e. The summed E-state index contributed by atoms with van der Waals surface area (Å²) >= 11 is 0. The molecule has 2 rings (SSSR count). The minimum atomic E-state index is -0.852. The Hall–Kier alpha value is -3.09. The van der Waals surface area contributed by atoms with Crippen LogP contribution in [0.25, 0.3) is 0 Å².